The Hall–Kier alpha value is -3.13. The lowest BCUT2D eigenvalue weighted by molar-refractivity contribution is -0.119. The second-order valence-corrected chi connectivity index (χ2v) is 13.9. The molecule has 0 radical (unpaired) electrons. The van der Waals surface area contributed by atoms with Gasteiger partial charge in [-0.15, -0.1) is 0 Å². The smallest absolute Gasteiger partial charge is 0.407 e. The second kappa shape index (κ2) is 13.9. The first-order valence-electron chi connectivity index (χ1n) is 15.0. The molecule has 10 nitrogen and oxygen atoms in total. The third kappa shape index (κ3) is 7.22. The first-order valence-corrected chi connectivity index (χ1v) is 16.6. The summed E-state index contributed by atoms with van der Waals surface area (Å²) in [5.41, 5.74) is 1.13. The van der Waals surface area contributed by atoms with Crippen LogP contribution < -0.4 is 16.0 Å². The summed E-state index contributed by atoms with van der Waals surface area (Å²) in [6.45, 7) is 0.860. The summed E-state index contributed by atoms with van der Waals surface area (Å²) in [7, 11) is -0.610. The van der Waals surface area contributed by atoms with Crippen LogP contribution in [-0.4, -0.2) is 82.0 Å². The van der Waals surface area contributed by atoms with Crippen molar-refractivity contribution in [3.05, 3.63) is 65.2 Å². The molecule has 2 heterocycles. The van der Waals surface area contributed by atoms with E-state index in [0.717, 1.165) is 6.42 Å². The predicted molar refractivity (Wildman–Crippen MR) is 161 cm³/mol. The van der Waals surface area contributed by atoms with Gasteiger partial charge in [-0.25, -0.2) is 22.0 Å². The molecule has 0 spiro atoms. The predicted octanol–water partition coefficient (Wildman–Crippen LogP) is 3.54. The van der Waals surface area contributed by atoms with Crippen molar-refractivity contribution in [1.29, 1.82) is 0 Å². The fourth-order valence-corrected chi connectivity index (χ4v) is 8.52. The number of hydrogen-bond donors (Lipinski definition) is 3. The van der Waals surface area contributed by atoms with E-state index in [-0.39, 0.29) is 47.5 Å². The highest BCUT2D eigenvalue weighted by Crippen LogP contribution is 2.43. The van der Waals surface area contributed by atoms with Gasteiger partial charge in [0.15, 0.2) is 0 Å². The molecular formula is C31H40F2N4O6S. The second-order valence-electron chi connectivity index (χ2n) is 11.9. The third-order valence-electron chi connectivity index (χ3n) is 9.19. The van der Waals surface area contributed by atoms with Crippen LogP contribution in [0.5, 0.6) is 0 Å². The number of carbonyl (C=O) groups is 2. The number of nitrogens with one attached hydrogen (secondary N) is 3. The average molecular weight is 635 g/mol. The van der Waals surface area contributed by atoms with Crippen LogP contribution in [0.2, 0.25) is 0 Å². The van der Waals surface area contributed by atoms with Gasteiger partial charge in [-0.1, -0.05) is 18.2 Å². The van der Waals surface area contributed by atoms with E-state index in [2.05, 4.69) is 16.0 Å². The lowest BCUT2D eigenvalue weighted by Crippen LogP contribution is -2.57. The molecular weight excluding hydrogens is 594 g/mol. The first kappa shape index (κ1) is 32.3. The van der Waals surface area contributed by atoms with Crippen molar-refractivity contribution in [3.63, 3.8) is 0 Å². The van der Waals surface area contributed by atoms with Crippen molar-refractivity contribution in [3.8, 4) is 0 Å². The zero-order valence-electron chi connectivity index (χ0n) is 24.9. The number of sulfonamides is 1. The number of methoxy groups -OCH3 is 2. The van der Waals surface area contributed by atoms with Gasteiger partial charge in [-0.2, -0.15) is 4.31 Å². The van der Waals surface area contributed by atoms with Crippen molar-refractivity contribution in [2.75, 3.05) is 38.4 Å². The summed E-state index contributed by atoms with van der Waals surface area (Å²) in [6.07, 6.45) is 2.36. The molecule has 2 aliphatic heterocycles. The van der Waals surface area contributed by atoms with E-state index < -0.39 is 45.6 Å². The third-order valence-corrected chi connectivity index (χ3v) is 11.2. The van der Waals surface area contributed by atoms with Crippen LogP contribution in [0, 0.1) is 17.6 Å². The molecule has 3 fully saturated rings. The summed E-state index contributed by atoms with van der Waals surface area (Å²) >= 11 is 0. The van der Waals surface area contributed by atoms with E-state index in [9.17, 15) is 22.4 Å². The minimum atomic E-state index is -3.41. The fourth-order valence-electron chi connectivity index (χ4n) is 6.71. The molecule has 1 unspecified atom stereocenters. The molecule has 13 heteroatoms. The van der Waals surface area contributed by atoms with Crippen molar-refractivity contribution >= 4 is 27.7 Å². The Bertz CT molecular complexity index is 1440. The Labute approximate surface area is 256 Å². The van der Waals surface area contributed by atoms with Gasteiger partial charge in [0, 0.05) is 49.5 Å². The average Bonchev–Trinajstić information content (AvgIpc) is 3.09. The standard InChI is InChI=1S/C31H40F2N4O6S/c1-42-24-15-20(16-24)28(19-8-10-21(32)11-9-19)29(36-31(39)43-2)30(38)35-27-7-3-6-26(33)25(27)13-12-23-17-34-22-5-4-14-44(40,41)37(23)18-22/h3,6-11,20,22-24,28-29,34H,4-5,12-18H2,1-2H3,(H,35,38)(H,36,39)/t20?,22-,23+,24?,28+,29+/m1/s1. The Morgan fingerprint density at radius 3 is 2.57 bits per heavy atom. The topological polar surface area (TPSA) is 126 Å². The SMILES string of the molecule is COC(=O)N[C@H](C(=O)Nc1cccc(F)c1CC[C@H]1CN[C@@H]2CCCS(=O)(=O)N1C2)[C@@H](c1ccc(F)cc1)C1CC(OC)C1. The number of rotatable bonds is 10. The zero-order valence-corrected chi connectivity index (χ0v) is 25.7. The highest BCUT2D eigenvalue weighted by molar-refractivity contribution is 7.89. The number of hydrogen-bond acceptors (Lipinski definition) is 7. The Morgan fingerprint density at radius 1 is 1.11 bits per heavy atom. The molecule has 0 aromatic heterocycles. The number of halogens is 2. The number of nitrogens with zero attached hydrogens (tertiary/aromatic N) is 1. The van der Waals surface area contributed by atoms with E-state index >= 15 is 4.39 Å². The fraction of sp³-hybridized carbons (Fsp3) is 0.548. The highest BCUT2D eigenvalue weighted by atomic mass is 32.2. The van der Waals surface area contributed by atoms with Crippen molar-refractivity contribution in [2.24, 2.45) is 5.92 Å². The Kier molecular flexibility index (Phi) is 10.2. The minimum absolute atomic E-state index is 0.00261. The van der Waals surface area contributed by atoms with Gasteiger partial charge in [0.25, 0.3) is 0 Å². The largest absolute Gasteiger partial charge is 0.453 e. The minimum Gasteiger partial charge on any atom is -0.453 e. The molecule has 240 valence electrons. The summed E-state index contributed by atoms with van der Waals surface area (Å²) in [4.78, 5) is 26.4. The zero-order chi connectivity index (χ0) is 31.4. The molecule has 44 heavy (non-hydrogen) atoms. The molecule has 1 aliphatic carbocycles. The van der Waals surface area contributed by atoms with Crippen LogP contribution in [0.15, 0.2) is 42.5 Å². The van der Waals surface area contributed by atoms with Crippen LogP contribution in [0.25, 0.3) is 0 Å². The lowest BCUT2D eigenvalue weighted by Gasteiger charge is -2.42. The summed E-state index contributed by atoms with van der Waals surface area (Å²) in [5.74, 6) is -2.07. The number of amides is 2. The Balaban J connectivity index is 1.39. The quantitative estimate of drug-likeness (QED) is 0.365. The van der Waals surface area contributed by atoms with Gasteiger partial charge >= 0.3 is 6.09 Å². The molecule has 1 saturated carbocycles. The van der Waals surface area contributed by atoms with Gasteiger partial charge in [-0.05, 0) is 74.3 Å². The van der Waals surface area contributed by atoms with Crippen molar-refractivity contribution in [1.82, 2.24) is 14.9 Å². The molecule has 5 rings (SSSR count). The molecule has 2 saturated heterocycles. The number of benzene rings is 2. The number of anilines is 1. The molecule has 5 atom stereocenters. The van der Waals surface area contributed by atoms with Gasteiger partial charge in [-0.3, -0.25) is 4.79 Å². The number of piperazine rings is 1. The van der Waals surface area contributed by atoms with E-state index in [1.165, 1.54) is 31.4 Å². The maximum Gasteiger partial charge on any atom is 0.407 e. The van der Waals surface area contributed by atoms with Crippen LogP contribution >= 0.6 is 0 Å². The number of carbonyl (C=O) groups excluding carboxylic acids is 2. The maximum atomic E-state index is 15.3. The number of fused-ring (bicyclic) bond motifs is 2. The maximum absolute atomic E-state index is 15.3. The molecule has 2 aromatic carbocycles. The Morgan fingerprint density at radius 2 is 1.86 bits per heavy atom. The van der Waals surface area contributed by atoms with Crippen LogP contribution in [0.3, 0.4) is 0 Å². The highest BCUT2D eigenvalue weighted by Gasteiger charge is 2.43. The normalized spacial score (nSPS) is 27.2. The number of ether oxygens (including phenoxy) is 2. The first-order chi connectivity index (χ1) is 21.1. The number of alkyl carbamates (subject to hydrolysis) is 1. The molecule has 3 N–H and O–H groups in total. The summed E-state index contributed by atoms with van der Waals surface area (Å²) in [5, 5.41) is 8.90. The van der Waals surface area contributed by atoms with Crippen molar-refractivity contribution < 1.29 is 36.3 Å². The molecule has 3 aliphatic rings. The molecule has 2 aromatic rings. The van der Waals surface area contributed by atoms with Crippen LogP contribution in [-0.2, 0) is 30.7 Å². The molecule has 2 bridgehead atoms. The lowest BCUT2D eigenvalue weighted by atomic mass is 9.68. The van der Waals surface area contributed by atoms with E-state index in [4.69, 9.17) is 9.47 Å². The van der Waals surface area contributed by atoms with E-state index in [1.807, 2.05) is 0 Å². The van der Waals surface area contributed by atoms with E-state index in [0.29, 0.717) is 44.3 Å². The van der Waals surface area contributed by atoms with Gasteiger partial charge in [0.05, 0.1) is 19.0 Å². The summed E-state index contributed by atoms with van der Waals surface area (Å²) in [6, 6.07) is 8.78. The monoisotopic (exact) mass is 634 g/mol. The van der Waals surface area contributed by atoms with Crippen LogP contribution in [0.1, 0.15) is 49.1 Å². The summed E-state index contributed by atoms with van der Waals surface area (Å²) < 4.78 is 66.8. The van der Waals surface area contributed by atoms with Gasteiger partial charge in [0.2, 0.25) is 15.9 Å². The van der Waals surface area contributed by atoms with Gasteiger partial charge < -0.3 is 25.4 Å². The van der Waals surface area contributed by atoms with Crippen molar-refractivity contribution in [2.45, 2.75) is 68.7 Å². The molecule has 2 amide bonds. The van der Waals surface area contributed by atoms with E-state index in [1.54, 1.807) is 29.6 Å². The van der Waals surface area contributed by atoms with Crippen LogP contribution in [0.4, 0.5) is 19.3 Å². The van der Waals surface area contributed by atoms with Gasteiger partial charge in [0.1, 0.15) is 17.7 Å².